The second kappa shape index (κ2) is 12.6. The van der Waals surface area contributed by atoms with Crippen LogP contribution in [0, 0.1) is 5.41 Å². The van der Waals surface area contributed by atoms with E-state index in [0.717, 1.165) is 29.5 Å². The highest BCUT2D eigenvalue weighted by Gasteiger charge is 2.43. The molecule has 0 radical (unpaired) electrons. The fourth-order valence-corrected chi connectivity index (χ4v) is 12.9. The summed E-state index contributed by atoms with van der Waals surface area (Å²) in [5.74, 6) is 3.16. The predicted molar refractivity (Wildman–Crippen MR) is 238 cm³/mol. The first-order valence-electron chi connectivity index (χ1n) is 20.5. The number of para-hydroxylation sites is 3. The Morgan fingerprint density at radius 3 is 2.27 bits per heavy atom. The number of anilines is 4. The van der Waals surface area contributed by atoms with Gasteiger partial charge in [0, 0.05) is 40.5 Å². The first-order chi connectivity index (χ1) is 26.9. The summed E-state index contributed by atoms with van der Waals surface area (Å²) in [6.45, 7) is 17.4. The van der Waals surface area contributed by atoms with E-state index in [9.17, 15) is 0 Å². The van der Waals surface area contributed by atoms with Crippen molar-refractivity contribution in [1.29, 1.82) is 0 Å². The van der Waals surface area contributed by atoms with Gasteiger partial charge in [-0.05, 0) is 112 Å². The first kappa shape index (κ1) is 35.1. The third kappa shape index (κ3) is 5.59. The van der Waals surface area contributed by atoms with Crippen LogP contribution in [0.15, 0.2) is 121 Å². The van der Waals surface area contributed by atoms with Crippen LogP contribution < -0.4 is 24.9 Å². The third-order valence-corrected chi connectivity index (χ3v) is 16.7. The molecular weight excluding hydrogens is 701 g/mol. The zero-order valence-corrected chi connectivity index (χ0v) is 34.9. The van der Waals surface area contributed by atoms with Crippen LogP contribution in [-0.4, -0.2) is 24.3 Å². The number of ether oxygens (including phenoxy) is 1. The Kier molecular flexibility index (Phi) is 7.89. The van der Waals surface area contributed by atoms with E-state index in [1.807, 2.05) is 6.20 Å². The maximum absolute atomic E-state index is 7.11. The molecule has 1 fully saturated rings. The summed E-state index contributed by atoms with van der Waals surface area (Å²) in [5, 5.41) is 5.57. The molecule has 1 aliphatic carbocycles. The molecule has 282 valence electrons. The molecule has 1 saturated carbocycles. The molecule has 2 aromatic heterocycles. The minimum Gasteiger partial charge on any atom is -0.457 e. The molecule has 3 aliphatic rings. The second-order valence-electron chi connectivity index (χ2n) is 18.8. The summed E-state index contributed by atoms with van der Waals surface area (Å²) < 4.78 is 9.49. The summed E-state index contributed by atoms with van der Waals surface area (Å²) in [7, 11) is -2.01. The highest BCUT2D eigenvalue weighted by Crippen LogP contribution is 2.49. The quantitative estimate of drug-likeness (QED) is 0.164. The first-order valence-corrected chi connectivity index (χ1v) is 23.5. The van der Waals surface area contributed by atoms with Gasteiger partial charge < -0.3 is 14.5 Å². The van der Waals surface area contributed by atoms with Crippen LogP contribution in [0.4, 0.5) is 22.7 Å². The number of hydrogen-bond donors (Lipinski definition) is 0. The molecule has 5 aromatic carbocycles. The van der Waals surface area contributed by atoms with Crippen molar-refractivity contribution in [2.24, 2.45) is 5.41 Å². The zero-order chi connectivity index (χ0) is 38.6. The van der Waals surface area contributed by atoms with E-state index in [4.69, 9.17) is 9.72 Å². The van der Waals surface area contributed by atoms with Crippen molar-refractivity contribution in [2.75, 3.05) is 16.5 Å². The Morgan fingerprint density at radius 2 is 1.48 bits per heavy atom. The lowest BCUT2D eigenvalue weighted by Gasteiger charge is -2.38. The van der Waals surface area contributed by atoms with Crippen molar-refractivity contribution < 1.29 is 4.74 Å². The van der Waals surface area contributed by atoms with Crippen LogP contribution in [0.5, 0.6) is 11.5 Å². The molecule has 56 heavy (non-hydrogen) atoms. The molecule has 5 nitrogen and oxygen atoms in total. The minimum absolute atomic E-state index is 0.00337. The minimum atomic E-state index is -2.01. The van der Waals surface area contributed by atoms with Crippen molar-refractivity contribution >= 4 is 63.0 Å². The molecular formula is C50H52N4OSi. The SMILES string of the molecule is CC1(C)CCC(c2cc(Oc3ccc4c(c3)N3CN(c5ccccc5)c5cccc(c53)[Si]4(C)C)cc3c2c2ccccc2n3-c2cc(C(C)(C)C)ccn2)CC1. The summed E-state index contributed by atoms with van der Waals surface area (Å²) >= 11 is 0. The van der Waals surface area contributed by atoms with Gasteiger partial charge in [-0.3, -0.25) is 4.57 Å². The van der Waals surface area contributed by atoms with Crippen LogP contribution in [-0.2, 0) is 5.41 Å². The number of hydrogen-bond acceptors (Lipinski definition) is 4. The summed E-state index contributed by atoms with van der Waals surface area (Å²) in [4.78, 5) is 10.0. The van der Waals surface area contributed by atoms with Crippen molar-refractivity contribution in [3.05, 3.63) is 133 Å². The molecule has 6 heteroatoms. The molecule has 0 atom stereocenters. The van der Waals surface area contributed by atoms with Crippen LogP contribution in [0.1, 0.15) is 77.3 Å². The third-order valence-electron chi connectivity index (χ3n) is 13.2. The molecule has 0 N–H and O–H groups in total. The van der Waals surface area contributed by atoms with Crippen molar-refractivity contribution in [2.45, 2.75) is 84.7 Å². The van der Waals surface area contributed by atoms with Gasteiger partial charge in [-0.2, -0.15) is 0 Å². The van der Waals surface area contributed by atoms with Gasteiger partial charge in [-0.25, -0.2) is 4.98 Å². The lowest BCUT2D eigenvalue weighted by Crippen LogP contribution is -2.58. The van der Waals surface area contributed by atoms with E-state index in [2.05, 4.69) is 177 Å². The molecule has 4 heterocycles. The van der Waals surface area contributed by atoms with Crippen LogP contribution in [0.25, 0.3) is 27.6 Å². The molecule has 0 amide bonds. The lowest BCUT2D eigenvalue weighted by molar-refractivity contribution is 0.225. The summed E-state index contributed by atoms with van der Waals surface area (Å²) in [5.41, 5.74) is 10.5. The number of benzene rings is 5. The molecule has 0 spiro atoms. The second-order valence-corrected chi connectivity index (χ2v) is 23.1. The number of fused-ring (bicyclic) bond motifs is 5. The predicted octanol–water partition coefficient (Wildman–Crippen LogP) is 12.3. The Morgan fingerprint density at radius 1 is 0.714 bits per heavy atom. The van der Waals surface area contributed by atoms with Gasteiger partial charge in [0.05, 0.1) is 22.4 Å². The van der Waals surface area contributed by atoms with Gasteiger partial charge in [0.15, 0.2) is 0 Å². The number of nitrogens with zero attached hydrogens (tertiary/aromatic N) is 4. The van der Waals surface area contributed by atoms with E-state index < -0.39 is 8.07 Å². The van der Waals surface area contributed by atoms with Crippen LogP contribution in [0.2, 0.25) is 13.1 Å². The van der Waals surface area contributed by atoms with E-state index in [0.29, 0.717) is 11.3 Å². The zero-order valence-electron chi connectivity index (χ0n) is 33.9. The fourth-order valence-electron chi connectivity index (χ4n) is 9.91. The Hall–Kier alpha value is -5.33. The topological polar surface area (TPSA) is 33.5 Å². The van der Waals surface area contributed by atoms with Crippen molar-refractivity contribution in [3.63, 3.8) is 0 Å². The van der Waals surface area contributed by atoms with E-state index in [1.54, 1.807) is 0 Å². The van der Waals surface area contributed by atoms with Gasteiger partial charge in [0.2, 0.25) is 0 Å². The maximum Gasteiger partial charge on any atom is 0.137 e. The highest BCUT2D eigenvalue weighted by atomic mass is 28.3. The number of pyridine rings is 1. The Labute approximate surface area is 332 Å². The van der Waals surface area contributed by atoms with Gasteiger partial charge in [-0.15, -0.1) is 0 Å². The normalized spacial score (nSPS) is 17.3. The number of rotatable bonds is 5. The van der Waals surface area contributed by atoms with Gasteiger partial charge in [0.25, 0.3) is 0 Å². The lowest BCUT2D eigenvalue weighted by atomic mass is 9.71. The standard InChI is InChI=1S/C50H52N4OSi/c1-49(2,3)34-24-27-51-46(28-34)54-40-17-12-11-16-38(40)47-39(33-22-25-50(4,5)26-23-33)29-37(31-43(47)54)55-36-20-21-44-42(30-36)53-32-52(35-14-9-8-10-15-35)41-18-13-19-45(48(41)53)56(44,6)7/h8-21,24,27-31,33H,22-23,25-26,32H2,1-7H3. The molecule has 0 saturated heterocycles. The summed E-state index contributed by atoms with van der Waals surface area (Å²) in [6, 6.07) is 42.6. The van der Waals surface area contributed by atoms with Gasteiger partial charge in [-0.1, -0.05) is 102 Å². The average molecular weight is 753 g/mol. The largest absolute Gasteiger partial charge is 0.457 e. The monoisotopic (exact) mass is 752 g/mol. The fraction of sp³-hybridized carbons (Fsp3) is 0.300. The molecule has 0 bridgehead atoms. The van der Waals surface area contributed by atoms with E-state index >= 15 is 0 Å². The van der Waals surface area contributed by atoms with Crippen molar-refractivity contribution in [3.8, 4) is 17.3 Å². The molecule has 2 aliphatic heterocycles. The Bertz CT molecular complexity index is 2660. The number of aromatic nitrogens is 2. The van der Waals surface area contributed by atoms with Gasteiger partial charge in [0.1, 0.15) is 32.1 Å². The van der Waals surface area contributed by atoms with E-state index in [1.165, 1.54) is 86.2 Å². The summed E-state index contributed by atoms with van der Waals surface area (Å²) in [6.07, 6.45) is 6.77. The highest BCUT2D eigenvalue weighted by molar-refractivity contribution is 7.02. The molecule has 7 aromatic rings. The Balaban J connectivity index is 1.13. The average Bonchev–Trinajstić information content (AvgIpc) is 3.74. The smallest absolute Gasteiger partial charge is 0.137 e. The van der Waals surface area contributed by atoms with Crippen LogP contribution >= 0.6 is 0 Å². The van der Waals surface area contributed by atoms with Gasteiger partial charge >= 0.3 is 0 Å². The van der Waals surface area contributed by atoms with E-state index in [-0.39, 0.29) is 5.41 Å². The van der Waals surface area contributed by atoms with Crippen LogP contribution in [0.3, 0.4) is 0 Å². The molecule has 10 rings (SSSR count). The van der Waals surface area contributed by atoms with Crippen molar-refractivity contribution in [1.82, 2.24) is 9.55 Å². The molecule has 0 unspecified atom stereocenters. The maximum atomic E-state index is 7.11.